The van der Waals surface area contributed by atoms with Crippen LogP contribution >= 0.6 is 0 Å². The Balaban J connectivity index is 0. The molecule has 0 atom stereocenters. The van der Waals surface area contributed by atoms with Crippen molar-refractivity contribution in [3.8, 4) is 0 Å². The van der Waals surface area contributed by atoms with Crippen molar-refractivity contribution >= 4 is 11.9 Å². The summed E-state index contributed by atoms with van der Waals surface area (Å²) in [4.78, 5) is 22.2. The van der Waals surface area contributed by atoms with Gasteiger partial charge in [0, 0.05) is 0 Å². The zero-order valence-electron chi connectivity index (χ0n) is 5.56. The van der Waals surface area contributed by atoms with Crippen LogP contribution in [0, 0.1) is 0 Å². The van der Waals surface area contributed by atoms with Crippen LogP contribution < -0.4 is 5.90 Å². The number of hydrogen-bond acceptors (Lipinski definition) is 6. The molecule has 0 saturated carbocycles. The Bertz CT molecular complexity index is 118. The zero-order valence-corrected chi connectivity index (χ0v) is 5.56. The number of rotatable bonds is 2. The first-order valence-electron chi connectivity index (χ1n) is 2.41. The van der Waals surface area contributed by atoms with Crippen LogP contribution in [0.25, 0.3) is 0 Å². The summed E-state index contributed by atoms with van der Waals surface area (Å²) in [5, 5.41) is 22.8. The molecule has 0 unspecified atom stereocenters. The molecule has 0 aliphatic heterocycles. The quantitative estimate of drug-likeness (QED) is 0.333. The molecule has 7 nitrogen and oxygen atoms in total. The lowest BCUT2D eigenvalue weighted by Crippen LogP contribution is -2.12. The summed E-state index contributed by atoms with van der Waals surface area (Å²) in [6, 6.07) is 0. The van der Waals surface area contributed by atoms with E-state index in [2.05, 4.69) is 10.7 Å². The molecule has 0 aliphatic carbocycles. The van der Waals surface area contributed by atoms with E-state index in [4.69, 9.17) is 20.1 Å². The van der Waals surface area contributed by atoms with Gasteiger partial charge in [-0.15, -0.1) is 0 Å². The fourth-order valence-corrected chi connectivity index (χ4v) is 0.0373. The summed E-state index contributed by atoms with van der Waals surface area (Å²) in [6.45, 7) is -1.43. The lowest BCUT2D eigenvalue weighted by Gasteiger charge is -1.85. The number of aliphatic hydroxyl groups is 2. The minimum absolute atomic E-state index is 0.656. The highest BCUT2D eigenvalue weighted by atomic mass is 16.7. The highest BCUT2D eigenvalue weighted by Gasteiger charge is 1.90. The average Bonchev–Trinajstić information content (AvgIpc) is 2.04. The van der Waals surface area contributed by atoms with Gasteiger partial charge < -0.3 is 20.2 Å². The third-order valence-electron chi connectivity index (χ3n) is 0.396. The first kappa shape index (κ1) is 12.5. The maximum atomic E-state index is 9.58. The first-order valence-corrected chi connectivity index (χ1v) is 2.41. The molecule has 0 heterocycles. The SMILES string of the molecule is NOC(=O)CO.O=C(O)CO. The molecule has 11 heavy (non-hydrogen) atoms. The van der Waals surface area contributed by atoms with Crippen molar-refractivity contribution in [2.45, 2.75) is 0 Å². The molecule has 7 heteroatoms. The van der Waals surface area contributed by atoms with Gasteiger partial charge in [0.05, 0.1) is 0 Å². The standard InChI is InChI=1S/C2H5NO3.C2H4O3/c3-6-2(5)1-4;3-1-2(4)5/h4H,1,3H2;3H,1H2,(H,4,5). The van der Waals surface area contributed by atoms with Gasteiger partial charge in [-0.05, 0) is 0 Å². The maximum Gasteiger partial charge on any atom is 0.350 e. The molecule has 0 rings (SSSR count). The first-order chi connectivity index (χ1) is 5.08. The minimum Gasteiger partial charge on any atom is -0.480 e. The number of carboxylic acids is 1. The van der Waals surface area contributed by atoms with E-state index >= 15 is 0 Å². The van der Waals surface area contributed by atoms with Crippen LogP contribution in [0.5, 0.6) is 0 Å². The van der Waals surface area contributed by atoms with Gasteiger partial charge in [0.15, 0.2) is 0 Å². The highest BCUT2D eigenvalue weighted by molar-refractivity contribution is 5.69. The Kier molecular flexibility index (Phi) is 10.0. The lowest BCUT2D eigenvalue weighted by molar-refractivity contribution is -0.147. The smallest absolute Gasteiger partial charge is 0.350 e. The Morgan fingerprint density at radius 2 is 1.64 bits per heavy atom. The molecule has 0 aromatic rings. The second-order valence-electron chi connectivity index (χ2n) is 1.20. The number of carbonyl (C=O) groups is 2. The van der Waals surface area contributed by atoms with E-state index < -0.39 is 25.2 Å². The topological polar surface area (TPSA) is 130 Å². The van der Waals surface area contributed by atoms with E-state index in [0.717, 1.165) is 0 Å². The summed E-state index contributed by atoms with van der Waals surface area (Å²) in [6.07, 6.45) is 0. The van der Waals surface area contributed by atoms with Crippen molar-refractivity contribution < 1.29 is 29.7 Å². The van der Waals surface area contributed by atoms with E-state index in [1.54, 1.807) is 0 Å². The second kappa shape index (κ2) is 8.82. The van der Waals surface area contributed by atoms with E-state index in [9.17, 15) is 4.79 Å². The molecule has 0 aromatic carbocycles. The van der Waals surface area contributed by atoms with E-state index in [1.165, 1.54) is 0 Å². The normalized spacial score (nSPS) is 7.55. The van der Waals surface area contributed by atoms with Crippen molar-refractivity contribution in [1.29, 1.82) is 0 Å². The minimum atomic E-state index is -1.19. The molecule has 0 fully saturated rings. The van der Waals surface area contributed by atoms with Crippen molar-refractivity contribution in [3.63, 3.8) is 0 Å². The van der Waals surface area contributed by atoms with Crippen molar-refractivity contribution in [1.82, 2.24) is 0 Å². The number of aliphatic carboxylic acids is 1. The fraction of sp³-hybridized carbons (Fsp3) is 0.500. The fourth-order valence-electron chi connectivity index (χ4n) is 0.0373. The van der Waals surface area contributed by atoms with Gasteiger partial charge in [0.1, 0.15) is 13.2 Å². The van der Waals surface area contributed by atoms with Crippen LogP contribution in [0.1, 0.15) is 0 Å². The number of nitrogens with two attached hydrogens (primary N) is 1. The lowest BCUT2D eigenvalue weighted by atomic mass is 10.8. The Morgan fingerprint density at radius 3 is 1.64 bits per heavy atom. The zero-order chi connectivity index (χ0) is 9.28. The molecule has 0 aromatic heterocycles. The van der Waals surface area contributed by atoms with Gasteiger partial charge in [0.25, 0.3) is 0 Å². The van der Waals surface area contributed by atoms with Gasteiger partial charge >= 0.3 is 11.9 Å². The summed E-state index contributed by atoms with van der Waals surface area (Å²) < 4.78 is 0. The van der Waals surface area contributed by atoms with Crippen LogP contribution in [-0.4, -0.2) is 40.5 Å². The molecule has 0 saturated heterocycles. The summed E-state index contributed by atoms with van der Waals surface area (Å²) >= 11 is 0. The monoisotopic (exact) mass is 167 g/mol. The molecule has 0 spiro atoms. The third-order valence-corrected chi connectivity index (χ3v) is 0.396. The number of carbonyl (C=O) groups excluding carboxylic acids is 1. The van der Waals surface area contributed by atoms with Gasteiger partial charge in [-0.25, -0.2) is 9.59 Å². The molecule has 0 bridgehead atoms. The largest absolute Gasteiger partial charge is 0.480 e. The van der Waals surface area contributed by atoms with Gasteiger partial charge in [-0.2, -0.15) is 5.90 Å². The Labute approximate surface area is 62.0 Å². The van der Waals surface area contributed by atoms with Crippen molar-refractivity contribution in [2.24, 2.45) is 5.90 Å². The summed E-state index contributed by atoms with van der Waals surface area (Å²) in [5.41, 5.74) is 0. The molecular formula is C4H9NO6. The molecule has 0 radical (unpaired) electrons. The van der Waals surface area contributed by atoms with Crippen molar-refractivity contribution in [2.75, 3.05) is 13.2 Å². The van der Waals surface area contributed by atoms with Gasteiger partial charge in [-0.1, -0.05) is 0 Å². The third kappa shape index (κ3) is 17.7. The molecular weight excluding hydrogens is 158 g/mol. The Hall–Kier alpha value is -1.18. The predicted octanol–water partition coefficient (Wildman–Crippen LogP) is -2.54. The maximum absolute atomic E-state index is 9.58. The number of carboxylic acid groups (broad SMARTS) is 1. The van der Waals surface area contributed by atoms with E-state index in [1.807, 2.05) is 0 Å². The Morgan fingerprint density at radius 1 is 1.27 bits per heavy atom. The predicted molar refractivity (Wildman–Crippen MR) is 32.1 cm³/mol. The van der Waals surface area contributed by atoms with Gasteiger partial charge in [0.2, 0.25) is 0 Å². The van der Waals surface area contributed by atoms with Crippen LogP contribution in [0.15, 0.2) is 0 Å². The summed E-state index contributed by atoms with van der Waals surface area (Å²) in [5.74, 6) is 2.26. The van der Waals surface area contributed by atoms with Gasteiger partial charge in [-0.3, -0.25) is 0 Å². The van der Waals surface area contributed by atoms with E-state index in [-0.39, 0.29) is 0 Å². The molecule has 66 valence electrons. The van der Waals surface area contributed by atoms with Crippen LogP contribution in [0.4, 0.5) is 0 Å². The van der Waals surface area contributed by atoms with Crippen molar-refractivity contribution in [3.05, 3.63) is 0 Å². The molecule has 5 N–H and O–H groups in total. The van der Waals surface area contributed by atoms with E-state index in [0.29, 0.717) is 0 Å². The highest BCUT2D eigenvalue weighted by Crippen LogP contribution is 1.59. The molecule has 0 aliphatic rings. The summed E-state index contributed by atoms with van der Waals surface area (Å²) in [7, 11) is 0. The van der Waals surface area contributed by atoms with Crippen LogP contribution in [-0.2, 0) is 14.4 Å². The molecule has 0 amide bonds. The van der Waals surface area contributed by atoms with Crippen LogP contribution in [0.3, 0.4) is 0 Å². The number of hydrogen-bond donors (Lipinski definition) is 4. The second-order valence-corrected chi connectivity index (χ2v) is 1.20. The number of aliphatic hydroxyl groups excluding tert-OH is 2. The van der Waals surface area contributed by atoms with Crippen LogP contribution in [0.2, 0.25) is 0 Å². The average molecular weight is 167 g/mol.